The number of hydrogen-bond donors (Lipinski definition) is 4. The molecule has 0 spiro atoms. The number of urea groups is 1. The molecule has 3 amide bonds. The molecule has 0 atom stereocenters. The van der Waals surface area contributed by atoms with Gasteiger partial charge in [-0.05, 0) is 45.9 Å². The number of rotatable bonds is 5. The first kappa shape index (κ1) is 17.0. The fraction of sp³-hybridized carbons (Fsp3) is 0.467. The van der Waals surface area contributed by atoms with Gasteiger partial charge in [0.05, 0.1) is 0 Å². The van der Waals surface area contributed by atoms with E-state index in [9.17, 15) is 9.59 Å². The van der Waals surface area contributed by atoms with Crippen LogP contribution in [0.1, 0.15) is 38.1 Å². The Balaban J connectivity index is 2.76. The van der Waals surface area contributed by atoms with Gasteiger partial charge >= 0.3 is 6.03 Å². The van der Waals surface area contributed by atoms with Crippen molar-refractivity contribution in [3.05, 3.63) is 29.8 Å². The van der Waals surface area contributed by atoms with Gasteiger partial charge in [-0.2, -0.15) is 0 Å². The SMILES string of the molecule is CC(C)NC(=O)Nc1cccc(C(=O)NC(C)(C)CN)c1. The molecule has 1 rings (SSSR count). The van der Waals surface area contributed by atoms with Crippen LogP contribution in [0.25, 0.3) is 0 Å². The third kappa shape index (κ3) is 5.83. The molecule has 5 N–H and O–H groups in total. The minimum absolute atomic E-state index is 0.0434. The van der Waals surface area contributed by atoms with Crippen LogP contribution >= 0.6 is 0 Å². The van der Waals surface area contributed by atoms with E-state index in [4.69, 9.17) is 5.73 Å². The topological polar surface area (TPSA) is 96.2 Å². The van der Waals surface area contributed by atoms with Gasteiger partial charge in [0.2, 0.25) is 0 Å². The second kappa shape index (κ2) is 7.08. The zero-order valence-electron chi connectivity index (χ0n) is 13.0. The van der Waals surface area contributed by atoms with E-state index in [2.05, 4.69) is 16.0 Å². The summed E-state index contributed by atoms with van der Waals surface area (Å²) in [5, 5.41) is 8.25. The van der Waals surface area contributed by atoms with E-state index in [1.54, 1.807) is 24.3 Å². The highest BCUT2D eigenvalue weighted by molar-refractivity contribution is 5.97. The maximum Gasteiger partial charge on any atom is 0.319 e. The molecule has 0 aliphatic carbocycles. The van der Waals surface area contributed by atoms with Crippen LogP contribution in [0.5, 0.6) is 0 Å². The van der Waals surface area contributed by atoms with Crippen LogP contribution in [-0.2, 0) is 0 Å². The third-order valence-electron chi connectivity index (χ3n) is 2.76. The van der Waals surface area contributed by atoms with Crippen LogP contribution < -0.4 is 21.7 Å². The van der Waals surface area contributed by atoms with Crippen molar-refractivity contribution in [1.29, 1.82) is 0 Å². The van der Waals surface area contributed by atoms with Crippen molar-refractivity contribution in [2.24, 2.45) is 5.73 Å². The molecule has 0 bridgehead atoms. The number of anilines is 1. The van der Waals surface area contributed by atoms with Gasteiger partial charge in [-0.3, -0.25) is 4.79 Å². The van der Waals surface area contributed by atoms with E-state index in [1.807, 2.05) is 27.7 Å². The molecule has 1 aromatic rings. The van der Waals surface area contributed by atoms with Crippen molar-refractivity contribution in [3.8, 4) is 0 Å². The van der Waals surface area contributed by atoms with Crippen LogP contribution in [0, 0.1) is 0 Å². The molecule has 116 valence electrons. The van der Waals surface area contributed by atoms with Crippen LogP contribution in [0.3, 0.4) is 0 Å². The predicted octanol–water partition coefficient (Wildman–Crippen LogP) is 1.68. The van der Waals surface area contributed by atoms with E-state index < -0.39 is 5.54 Å². The summed E-state index contributed by atoms with van der Waals surface area (Å²) in [5.41, 5.74) is 6.15. The minimum Gasteiger partial charge on any atom is -0.346 e. The second-order valence-electron chi connectivity index (χ2n) is 5.88. The van der Waals surface area contributed by atoms with Crippen molar-refractivity contribution < 1.29 is 9.59 Å². The Morgan fingerprint density at radius 2 is 1.95 bits per heavy atom. The number of benzene rings is 1. The summed E-state index contributed by atoms with van der Waals surface area (Å²) in [6.45, 7) is 7.79. The van der Waals surface area contributed by atoms with Crippen LogP contribution in [0.4, 0.5) is 10.5 Å². The Bertz CT molecular complexity index is 512. The Kier molecular flexibility index (Phi) is 5.72. The normalized spacial score (nSPS) is 11.1. The fourth-order valence-corrected chi connectivity index (χ4v) is 1.60. The first-order valence-electron chi connectivity index (χ1n) is 6.93. The highest BCUT2D eigenvalue weighted by atomic mass is 16.2. The van der Waals surface area contributed by atoms with Crippen LogP contribution in [0.15, 0.2) is 24.3 Å². The molecule has 6 heteroatoms. The van der Waals surface area contributed by atoms with Crippen LogP contribution in [-0.4, -0.2) is 30.1 Å². The average molecular weight is 292 g/mol. The number of carbonyl (C=O) groups excluding carboxylic acids is 2. The molecule has 0 heterocycles. The van der Waals surface area contributed by atoms with E-state index in [1.165, 1.54) is 0 Å². The molecule has 0 aromatic heterocycles. The van der Waals surface area contributed by atoms with Crippen LogP contribution in [0.2, 0.25) is 0 Å². The van der Waals surface area contributed by atoms with Crippen molar-refractivity contribution in [2.45, 2.75) is 39.3 Å². The molecular weight excluding hydrogens is 268 g/mol. The van der Waals surface area contributed by atoms with Gasteiger partial charge in [0.1, 0.15) is 0 Å². The first-order valence-corrected chi connectivity index (χ1v) is 6.93. The Labute approximate surface area is 125 Å². The summed E-state index contributed by atoms with van der Waals surface area (Å²) < 4.78 is 0. The summed E-state index contributed by atoms with van der Waals surface area (Å²) in [6.07, 6.45) is 0. The van der Waals surface area contributed by atoms with Crippen molar-refractivity contribution in [2.75, 3.05) is 11.9 Å². The number of hydrogen-bond acceptors (Lipinski definition) is 3. The van der Waals surface area contributed by atoms with Crippen molar-refractivity contribution in [1.82, 2.24) is 10.6 Å². The number of nitrogens with two attached hydrogens (primary N) is 1. The largest absolute Gasteiger partial charge is 0.346 e. The lowest BCUT2D eigenvalue weighted by molar-refractivity contribution is 0.0915. The van der Waals surface area contributed by atoms with Gasteiger partial charge in [-0.15, -0.1) is 0 Å². The molecular formula is C15H24N4O2. The van der Waals surface area contributed by atoms with Gasteiger partial charge in [0, 0.05) is 29.4 Å². The summed E-state index contributed by atoms with van der Waals surface area (Å²) >= 11 is 0. The molecule has 21 heavy (non-hydrogen) atoms. The fourth-order valence-electron chi connectivity index (χ4n) is 1.60. The third-order valence-corrected chi connectivity index (χ3v) is 2.76. The average Bonchev–Trinajstić information content (AvgIpc) is 2.37. The number of amides is 3. The van der Waals surface area contributed by atoms with Gasteiger partial charge in [0.25, 0.3) is 5.91 Å². The Morgan fingerprint density at radius 1 is 1.29 bits per heavy atom. The minimum atomic E-state index is -0.477. The lowest BCUT2D eigenvalue weighted by atomic mass is 10.1. The number of carbonyl (C=O) groups is 2. The van der Waals surface area contributed by atoms with Crippen molar-refractivity contribution >= 4 is 17.6 Å². The zero-order valence-corrected chi connectivity index (χ0v) is 13.0. The molecule has 0 fully saturated rings. The van der Waals surface area contributed by atoms with Gasteiger partial charge in [-0.1, -0.05) is 6.07 Å². The second-order valence-corrected chi connectivity index (χ2v) is 5.88. The highest BCUT2D eigenvalue weighted by Gasteiger charge is 2.19. The van der Waals surface area contributed by atoms with Gasteiger partial charge < -0.3 is 21.7 Å². The Morgan fingerprint density at radius 3 is 2.52 bits per heavy atom. The smallest absolute Gasteiger partial charge is 0.319 e. The van der Waals surface area contributed by atoms with E-state index in [0.717, 1.165) is 0 Å². The number of nitrogens with one attached hydrogen (secondary N) is 3. The molecule has 6 nitrogen and oxygen atoms in total. The van der Waals surface area contributed by atoms with E-state index in [0.29, 0.717) is 17.8 Å². The Hall–Kier alpha value is -2.08. The highest BCUT2D eigenvalue weighted by Crippen LogP contribution is 2.12. The molecule has 1 aromatic carbocycles. The van der Waals surface area contributed by atoms with E-state index >= 15 is 0 Å². The van der Waals surface area contributed by atoms with E-state index in [-0.39, 0.29) is 18.0 Å². The summed E-state index contributed by atoms with van der Waals surface area (Å²) in [7, 11) is 0. The lowest BCUT2D eigenvalue weighted by Crippen LogP contribution is -2.48. The monoisotopic (exact) mass is 292 g/mol. The first-order chi connectivity index (χ1) is 9.73. The maximum atomic E-state index is 12.1. The maximum absolute atomic E-state index is 12.1. The summed E-state index contributed by atoms with van der Waals surface area (Å²) in [4.78, 5) is 23.8. The molecule has 0 saturated heterocycles. The molecule has 0 saturated carbocycles. The predicted molar refractivity (Wildman–Crippen MR) is 84.3 cm³/mol. The standard InChI is InChI=1S/C15H24N4O2/c1-10(2)17-14(21)18-12-7-5-6-11(8-12)13(20)19-15(3,4)9-16/h5-8,10H,9,16H2,1-4H3,(H,19,20)(H2,17,18,21). The molecule has 0 aliphatic heterocycles. The summed E-state index contributed by atoms with van der Waals surface area (Å²) in [5.74, 6) is -0.224. The molecule has 0 unspecified atom stereocenters. The zero-order chi connectivity index (χ0) is 16.0. The molecule has 0 radical (unpaired) electrons. The lowest BCUT2D eigenvalue weighted by Gasteiger charge is -2.24. The summed E-state index contributed by atoms with van der Waals surface area (Å²) in [6, 6.07) is 6.50. The van der Waals surface area contributed by atoms with Crippen molar-refractivity contribution in [3.63, 3.8) is 0 Å². The quantitative estimate of drug-likeness (QED) is 0.665. The van der Waals surface area contributed by atoms with Gasteiger partial charge in [0.15, 0.2) is 0 Å². The van der Waals surface area contributed by atoms with Gasteiger partial charge in [-0.25, -0.2) is 4.79 Å². The molecule has 0 aliphatic rings.